The van der Waals surface area contributed by atoms with E-state index < -0.39 is 0 Å². The third-order valence-electron chi connectivity index (χ3n) is 2.60. The van der Waals surface area contributed by atoms with Gasteiger partial charge in [-0.1, -0.05) is 13.8 Å². The van der Waals surface area contributed by atoms with Crippen LogP contribution in [-0.2, 0) is 6.42 Å². The lowest BCUT2D eigenvalue weighted by molar-refractivity contribution is 0.475. The average molecular weight is 210 g/mol. The second-order valence-corrected chi connectivity index (χ2v) is 3.67. The Morgan fingerprint density at radius 3 is 2.87 bits per heavy atom. The molecule has 0 amide bonds. The molecular formula is C12H19FN2. The molecule has 0 fully saturated rings. The van der Waals surface area contributed by atoms with Gasteiger partial charge in [-0.25, -0.2) is 4.39 Å². The van der Waals surface area contributed by atoms with E-state index in [2.05, 4.69) is 24.1 Å². The first-order valence-corrected chi connectivity index (χ1v) is 5.59. The summed E-state index contributed by atoms with van der Waals surface area (Å²) in [6.45, 7) is 5.21. The predicted molar refractivity (Wildman–Crippen MR) is 60.3 cm³/mol. The number of halogens is 1. The number of aromatic nitrogens is 1. The zero-order chi connectivity index (χ0) is 11.1. The number of aryl methyl sites for hydroxylation is 1. The molecule has 1 unspecified atom stereocenters. The smallest absolute Gasteiger partial charge is 0.144 e. The van der Waals surface area contributed by atoms with Gasteiger partial charge in [0.15, 0.2) is 0 Å². The van der Waals surface area contributed by atoms with Gasteiger partial charge in [-0.2, -0.15) is 0 Å². The molecule has 1 heterocycles. The quantitative estimate of drug-likeness (QED) is 0.780. The first-order valence-electron chi connectivity index (χ1n) is 5.59. The maximum Gasteiger partial charge on any atom is 0.144 e. The fourth-order valence-electron chi connectivity index (χ4n) is 1.68. The number of nitrogens with one attached hydrogen (secondary N) is 1. The Morgan fingerprint density at radius 1 is 1.47 bits per heavy atom. The number of rotatable bonds is 6. The standard InChI is InChI=1S/C12H19FN2/c1-3-11(15-4-2)6-5-10-7-8-14-9-12(10)13/h7-9,11,15H,3-6H2,1-2H3. The van der Waals surface area contributed by atoms with Crippen molar-refractivity contribution in [3.8, 4) is 0 Å². The molecule has 1 aromatic heterocycles. The summed E-state index contributed by atoms with van der Waals surface area (Å²) in [5.41, 5.74) is 0.765. The van der Waals surface area contributed by atoms with Crippen LogP contribution in [0, 0.1) is 5.82 Å². The minimum absolute atomic E-state index is 0.191. The maximum atomic E-state index is 13.2. The number of nitrogens with zero attached hydrogens (tertiary/aromatic N) is 1. The molecule has 2 nitrogen and oxygen atoms in total. The second-order valence-electron chi connectivity index (χ2n) is 3.67. The Hall–Kier alpha value is -0.960. The van der Waals surface area contributed by atoms with Crippen molar-refractivity contribution < 1.29 is 4.39 Å². The van der Waals surface area contributed by atoms with E-state index in [4.69, 9.17) is 0 Å². The fraction of sp³-hybridized carbons (Fsp3) is 0.583. The highest BCUT2D eigenvalue weighted by atomic mass is 19.1. The zero-order valence-corrected chi connectivity index (χ0v) is 9.46. The van der Waals surface area contributed by atoms with Crippen molar-refractivity contribution in [2.75, 3.05) is 6.54 Å². The molecule has 0 aromatic carbocycles. The molecule has 1 rings (SSSR count). The molecule has 0 saturated heterocycles. The van der Waals surface area contributed by atoms with Crippen molar-refractivity contribution in [3.05, 3.63) is 29.8 Å². The monoisotopic (exact) mass is 210 g/mol. The van der Waals surface area contributed by atoms with Crippen molar-refractivity contribution in [2.24, 2.45) is 0 Å². The summed E-state index contributed by atoms with van der Waals surface area (Å²) in [7, 11) is 0. The van der Waals surface area contributed by atoms with Crippen LogP contribution in [0.15, 0.2) is 18.5 Å². The van der Waals surface area contributed by atoms with Crippen LogP contribution in [0.25, 0.3) is 0 Å². The maximum absolute atomic E-state index is 13.2. The Bertz CT molecular complexity index is 289. The lowest BCUT2D eigenvalue weighted by Crippen LogP contribution is -2.28. The van der Waals surface area contributed by atoms with E-state index in [1.165, 1.54) is 6.20 Å². The van der Waals surface area contributed by atoms with Crippen LogP contribution in [0.4, 0.5) is 4.39 Å². The van der Waals surface area contributed by atoms with E-state index in [1.54, 1.807) is 12.3 Å². The van der Waals surface area contributed by atoms with Crippen LogP contribution in [0.3, 0.4) is 0 Å². The van der Waals surface area contributed by atoms with E-state index in [9.17, 15) is 4.39 Å². The van der Waals surface area contributed by atoms with Crippen LogP contribution in [0.5, 0.6) is 0 Å². The summed E-state index contributed by atoms with van der Waals surface area (Å²) < 4.78 is 13.2. The molecule has 0 radical (unpaired) electrons. The second kappa shape index (κ2) is 6.51. The van der Waals surface area contributed by atoms with Crippen LogP contribution in [0.2, 0.25) is 0 Å². The molecule has 1 N–H and O–H groups in total. The lowest BCUT2D eigenvalue weighted by Gasteiger charge is -2.15. The summed E-state index contributed by atoms with van der Waals surface area (Å²) in [5, 5.41) is 3.38. The molecule has 1 aromatic rings. The van der Waals surface area contributed by atoms with Crippen molar-refractivity contribution >= 4 is 0 Å². The van der Waals surface area contributed by atoms with Crippen molar-refractivity contribution in [1.29, 1.82) is 0 Å². The average Bonchev–Trinajstić information content (AvgIpc) is 2.26. The van der Waals surface area contributed by atoms with Gasteiger partial charge in [0.1, 0.15) is 5.82 Å². The highest BCUT2D eigenvalue weighted by molar-refractivity contribution is 5.12. The molecule has 0 aliphatic heterocycles. The first kappa shape index (κ1) is 12.1. The van der Waals surface area contributed by atoms with Crippen molar-refractivity contribution in [2.45, 2.75) is 39.2 Å². The van der Waals surface area contributed by atoms with Crippen molar-refractivity contribution in [3.63, 3.8) is 0 Å². The zero-order valence-electron chi connectivity index (χ0n) is 9.46. The topological polar surface area (TPSA) is 24.9 Å². The van der Waals surface area contributed by atoms with Gasteiger partial charge in [-0.3, -0.25) is 4.98 Å². The van der Waals surface area contributed by atoms with Gasteiger partial charge in [0.2, 0.25) is 0 Å². The third-order valence-corrected chi connectivity index (χ3v) is 2.60. The Morgan fingerprint density at radius 2 is 2.27 bits per heavy atom. The van der Waals surface area contributed by atoms with Gasteiger partial charge in [-0.05, 0) is 37.4 Å². The number of pyridine rings is 1. The van der Waals surface area contributed by atoms with Gasteiger partial charge >= 0.3 is 0 Å². The molecule has 0 spiro atoms. The summed E-state index contributed by atoms with van der Waals surface area (Å²) in [5.74, 6) is -0.191. The highest BCUT2D eigenvalue weighted by Gasteiger charge is 2.07. The summed E-state index contributed by atoms with van der Waals surface area (Å²) in [6.07, 6.45) is 5.77. The molecule has 15 heavy (non-hydrogen) atoms. The Labute approximate surface area is 90.9 Å². The van der Waals surface area contributed by atoms with Gasteiger partial charge in [0.05, 0.1) is 6.20 Å². The third kappa shape index (κ3) is 3.96. The molecule has 0 saturated carbocycles. The van der Waals surface area contributed by atoms with E-state index in [0.29, 0.717) is 6.04 Å². The van der Waals surface area contributed by atoms with Gasteiger partial charge in [-0.15, -0.1) is 0 Å². The summed E-state index contributed by atoms with van der Waals surface area (Å²) >= 11 is 0. The largest absolute Gasteiger partial charge is 0.314 e. The van der Waals surface area contributed by atoms with Crippen molar-refractivity contribution in [1.82, 2.24) is 10.3 Å². The molecule has 3 heteroatoms. The minimum atomic E-state index is -0.191. The summed E-state index contributed by atoms with van der Waals surface area (Å²) in [4.78, 5) is 3.74. The first-order chi connectivity index (χ1) is 7.27. The van der Waals surface area contributed by atoms with E-state index in [-0.39, 0.29) is 5.82 Å². The molecule has 0 aliphatic carbocycles. The normalized spacial score (nSPS) is 12.7. The molecule has 1 atom stereocenters. The van der Waals surface area contributed by atoms with Crippen LogP contribution < -0.4 is 5.32 Å². The van der Waals surface area contributed by atoms with Gasteiger partial charge in [0, 0.05) is 12.2 Å². The molecule has 84 valence electrons. The van der Waals surface area contributed by atoms with Crippen LogP contribution in [-0.4, -0.2) is 17.6 Å². The molecule has 0 bridgehead atoms. The van der Waals surface area contributed by atoms with Gasteiger partial charge < -0.3 is 5.32 Å². The Balaban J connectivity index is 2.45. The number of hydrogen-bond donors (Lipinski definition) is 1. The highest BCUT2D eigenvalue weighted by Crippen LogP contribution is 2.10. The molecular weight excluding hydrogens is 191 g/mol. The van der Waals surface area contributed by atoms with E-state index in [1.807, 2.05) is 0 Å². The summed E-state index contributed by atoms with van der Waals surface area (Å²) in [6, 6.07) is 2.25. The number of hydrogen-bond acceptors (Lipinski definition) is 2. The minimum Gasteiger partial charge on any atom is -0.314 e. The Kier molecular flexibility index (Phi) is 5.26. The van der Waals surface area contributed by atoms with Crippen LogP contribution in [0.1, 0.15) is 32.3 Å². The van der Waals surface area contributed by atoms with E-state index >= 15 is 0 Å². The fourth-order valence-corrected chi connectivity index (χ4v) is 1.68. The predicted octanol–water partition coefficient (Wildman–Crippen LogP) is 2.54. The lowest BCUT2D eigenvalue weighted by atomic mass is 10.0. The van der Waals surface area contributed by atoms with E-state index in [0.717, 1.165) is 31.4 Å². The van der Waals surface area contributed by atoms with Crippen LogP contribution >= 0.6 is 0 Å². The SMILES string of the molecule is CCNC(CC)CCc1ccncc1F. The molecule has 0 aliphatic rings. The van der Waals surface area contributed by atoms with Gasteiger partial charge in [0.25, 0.3) is 0 Å².